The highest BCUT2D eigenvalue weighted by Crippen LogP contribution is 2.51. The van der Waals surface area contributed by atoms with Crippen molar-refractivity contribution in [2.75, 3.05) is 26.8 Å². The summed E-state index contributed by atoms with van der Waals surface area (Å²) in [4.78, 5) is 28.7. The Balaban J connectivity index is 1.98. The summed E-state index contributed by atoms with van der Waals surface area (Å²) in [6.45, 7) is 4.42. The van der Waals surface area contributed by atoms with Crippen molar-refractivity contribution in [3.8, 4) is 11.5 Å². The Hall–Kier alpha value is -2.62. The van der Waals surface area contributed by atoms with Gasteiger partial charge in [0, 0.05) is 30.6 Å². The largest absolute Gasteiger partial charge is 0.493 e. The third kappa shape index (κ3) is 7.56. The highest BCUT2D eigenvalue weighted by molar-refractivity contribution is 5.96. The first-order valence-electron chi connectivity index (χ1n) is 15.0. The molecule has 224 valence electrons. The Labute approximate surface area is 238 Å². The number of rotatable bonds is 17. The van der Waals surface area contributed by atoms with E-state index in [1.165, 1.54) is 7.11 Å². The average molecular weight is 561 g/mol. The van der Waals surface area contributed by atoms with E-state index in [0.717, 1.165) is 57.8 Å². The molecule has 4 atom stereocenters. The van der Waals surface area contributed by atoms with Crippen molar-refractivity contribution in [1.29, 1.82) is 0 Å². The first-order valence-corrected chi connectivity index (χ1v) is 15.0. The summed E-state index contributed by atoms with van der Waals surface area (Å²) in [5, 5.41) is 33.6. The van der Waals surface area contributed by atoms with Gasteiger partial charge in [0.1, 0.15) is 12.2 Å². The van der Waals surface area contributed by atoms with E-state index in [1.54, 1.807) is 23.1 Å². The van der Waals surface area contributed by atoms with Gasteiger partial charge in [0.15, 0.2) is 11.5 Å². The molecule has 4 N–H and O–H groups in total. The molecule has 0 saturated carbocycles. The molecule has 0 bridgehead atoms. The van der Waals surface area contributed by atoms with E-state index in [1.807, 2.05) is 0 Å². The van der Waals surface area contributed by atoms with Crippen molar-refractivity contribution < 1.29 is 34.4 Å². The lowest BCUT2D eigenvalue weighted by Gasteiger charge is -2.41. The average Bonchev–Trinajstić information content (AvgIpc) is 3.36. The third-order valence-corrected chi connectivity index (χ3v) is 7.92. The van der Waals surface area contributed by atoms with Gasteiger partial charge in [0.25, 0.3) is 0 Å². The van der Waals surface area contributed by atoms with E-state index in [2.05, 4.69) is 19.2 Å². The molecule has 3 rings (SSSR count). The monoisotopic (exact) mass is 560 g/mol. The van der Waals surface area contributed by atoms with Gasteiger partial charge in [-0.15, -0.1) is 0 Å². The van der Waals surface area contributed by atoms with Crippen LogP contribution in [0.1, 0.15) is 95.1 Å². The Morgan fingerprint density at radius 2 is 1.73 bits per heavy atom. The normalized spacial score (nSPS) is 21.2. The van der Waals surface area contributed by atoms with Crippen LogP contribution in [0.25, 0.3) is 0 Å². The van der Waals surface area contributed by atoms with Gasteiger partial charge in [0.2, 0.25) is 11.8 Å². The van der Waals surface area contributed by atoms with E-state index >= 15 is 0 Å². The van der Waals surface area contributed by atoms with Crippen LogP contribution < -0.4 is 14.8 Å². The number of carbonyl (C=O) groups is 2. The zero-order chi connectivity index (χ0) is 29.1. The van der Waals surface area contributed by atoms with Crippen LogP contribution in [0.2, 0.25) is 0 Å². The fourth-order valence-electron chi connectivity index (χ4n) is 5.79. The van der Waals surface area contributed by atoms with Crippen LogP contribution >= 0.6 is 0 Å². The molecule has 40 heavy (non-hydrogen) atoms. The van der Waals surface area contributed by atoms with Crippen molar-refractivity contribution in [2.45, 2.75) is 109 Å². The summed E-state index contributed by atoms with van der Waals surface area (Å²) in [7, 11) is 1.50. The van der Waals surface area contributed by atoms with Crippen molar-refractivity contribution in [3.63, 3.8) is 0 Å². The summed E-state index contributed by atoms with van der Waals surface area (Å²) >= 11 is 0. The molecule has 2 aliphatic rings. The zero-order valence-corrected chi connectivity index (χ0v) is 24.4. The maximum atomic E-state index is 13.6. The summed E-state index contributed by atoms with van der Waals surface area (Å²) in [6, 6.07) is 2.71. The van der Waals surface area contributed by atoms with Crippen LogP contribution in [0.15, 0.2) is 23.8 Å². The lowest BCUT2D eigenvalue weighted by molar-refractivity contribution is -0.137. The minimum absolute atomic E-state index is 0.0301. The van der Waals surface area contributed by atoms with Gasteiger partial charge in [0.05, 0.1) is 32.3 Å². The number of hydrogen-bond donors (Lipinski definition) is 4. The van der Waals surface area contributed by atoms with Crippen molar-refractivity contribution in [2.24, 2.45) is 0 Å². The maximum absolute atomic E-state index is 13.6. The second kappa shape index (κ2) is 16.0. The van der Waals surface area contributed by atoms with Crippen LogP contribution in [0, 0.1) is 0 Å². The van der Waals surface area contributed by atoms with E-state index in [9.17, 15) is 24.9 Å². The standard InChI is InChI=1S/C31H48N2O7/c1-4-6-8-10-11-13-26(36)33(15-12-9-7-5-2)24-19-23(31(38)32-14-16-34)27-22-17-21(20-35)18-25(39-3)29(22)40-30(27)28(24)37/h17-19,24,27-28,30,34-35,37H,4-16,20H2,1-3H3,(H,32,38). The zero-order valence-electron chi connectivity index (χ0n) is 24.4. The molecule has 1 aromatic rings. The number of ether oxygens (including phenoxy) is 2. The molecule has 0 radical (unpaired) electrons. The predicted octanol–water partition coefficient (Wildman–Crippen LogP) is 3.58. The summed E-state index contributed by atoms with van der Waals surface area (Å²) in [5.74, 6) is -0.200. The first-order chi connectivity index (χ1) is 19.4. The number of nitrogens with zero attached hydrogens (tertiary/aromatic N) is 1. The molecule has 0 saturated heterocycles. The number of aliphatic hydroxyl groups excluding tert-OH is 3. The predicted molar refractivity (Wildman–Crippen MR) is 153 cm³/mol. The molecule has 1 aromatic carbocycles. The molecule has 1 aliphatic carbocycles. The highest BCUT2D eigenvalue weighted by atomic mass is 16.5. The van der Waals surface area contributed by atoms with E-state index in [0.29, 0.717) is 41.2 Å². The summed E-state index contributed by atoms with van der Waals surface area (Å²) in [5.41, 5.74) is 1.62. The fraction of sp³-hybridized carbons (Fsp3) is 0.677. The third-order valence-electron chi connectivity index (χ3n) is 7.92. The second-order valence-corrected chi connectivity index (χ2v) is 10.8. The Morgan fingerprint density at radius 1 is 1.02 bits per heavy atom. The molecule has 0 fully saturated rings. The first kappa shape index (κ1) is 31.9. The number of amides is 2. The molecule has 0 aromatic heterocycles. The smallest absolute Gasteiger partial charge is 0.247 e. The number of methoxy groups -OCH3 is 1. The van der Waals surface area contributed by atoms with Gasteiger partial charge in [-0.3, -0.25) is 9.59 Å². The van der Waals surface area contributed by atoms with Crippen molar-refractivity contribution in [3.05, 3.63) is 34.9 Å². The van der Waals surface area contributed by atoms with Crippen LogP contribution in [0.3, 0.4) is 0 Å². The number of hydrogen-bond acceptors (Lipinski definition) is 7. The molecule has 0 spiro atoms. The van der Waals surface area contributed by atoms with E-state index < -0.39 is 24.2 Å². The number of nitrogens with one attached hydrogen (secondary N) is 1. The van der Waals surface area contributed by atoms with Gasteiger partial charge in [-0.25, -0.2) is 0 Å². The molecular formula is C31H48N2O7. The van der Waals surface area contributed by atoms with Crippen LogP contribution in [0.5, 0.6) is 11.5 Å². The molecule has 1 aliphatic heterocycles. The molecule has 1 heterocycles. The summed E-state index contributed by atoms with van der Waals surface area (Å²) in [6.07, 6.45) is 9.26. The Bertz CT molecular complexity index is 1010. The Kier molecular flexibility index (Phi) is 12.7. The SMILES string of the molecule is CCCCCCCC(=O)N(CCCCCC)C1C=C(C(=O)NCCO)C2c3cc(CO)cc(OC)c3OC2C1O. The van der Waals surface area contributed by atoms with Crippen LogP contribution in [-0.2, 0) is 16.2 Å². The van der Waals surface area contributed by atoms with Gasteiger partial charge in [-0.1, -0.05) is 58.8 Å². The van der Waals surface area contributed by atoms with Gasteiger partial charge >= 0.3 is 0 Å². The number of benzene rings is 1. The number of fused-ring (bicyclic) bond motifs is 3. The number of carbonyl (C=O) groups excluding carboxylic acids is 2. The summed E-state index contributed by atoms with van der Waals surface area (Å²) < 4.78 is 11.8. The topological polar surface area (TPSA) is 129 Å². The highest BCUT2D eigenvalue weighted by Gasteiger charge is 2.51. The number of aliphatic hydroxyl groups is 3. The number of unbranched alkanes of at least 4 members (excludes halogenated alkanes) is 7. The van der Waals surface area contributed by atoms with E-state index in [4.69, 9.17) is 9.47 Å². The Morgan fingerprint density at radius 3 is 2.38 bits per heavy atom. The fourth-order valence-corrected chi connectivity index (χ4v) is 5.79. The minimum atomic E-state index is -1.08. The molecule has 9 heteroatoms. The molecule has 4 unspecified atom stereocenters. The molecular weight excluding hydrogens is 512 g/mol. The minimum Gasteiger partial charge on any atom is -0.493 e. The van der Waals surface area contributed by atoms with Crippen molar-refractivity contribution in [1.82, 2.24) is 10.2 Å². The molecule has 2 amide bonds. The maximum Gasteiger partial charge on any atom is 0.247 e. The van der Waals surface area contributed by atoms with Gasteiger partial charge in [-0.05, 0) is 36.6 Å². The second-order valence-electron chi connectivity index (χ2n) is 10.8. The quantitative estimate of drug-likeness (QED) is 0.214. The van der Waals surface area contributed by atoms with Crippen molar-refractivity contribution >= 4 is 11.8 Å². The molecule has 9 nitrogen and oxygen atoms in total. The van der Waals surface area contributed by atoms with E-state index in [-0.39, 0.29) is 31.6 Å². The van der Waals surface area contributed by atoms with Gasteiger partial charge in [-0.2, -0.15) is 0 Å². The van der Waals surface area contributed by atoms with Crippen LogP contribution in [-0.4, -0.2) is 77.1 Å². The van der Waals surface area contributed by atoms with Gasteiger partial charge < -0.3 is 35.0 Å². The van der Waals surface area contributed by atoms with Crippen LogP contribution in [0.4, 0.5) is 0 Å². The lowest BCUT2D eigenvalue weighted by Crippen LogP contribution is -2.56. The lowest BCUT2D eigenvalue weighted by atomic mass is 9.77.